The Morgan fingerprint density at radius 1 is 0.778 bits per heavy atom. The Morgan fingerprint density at radius 3 is 1.97 bits per heavy atom. The maximum absolute atomic E-state index is 14.9. The van der Waals surface area contributed by atoms with E-state index in [-0.39, 0.29) is 5.91 Å². The molecular formula is C32H36NO2P. The third-order valence-corrected chi connectivity index (χ3v) is 13.5. The first-order valence-corrected chi connectivity index (χ1v) is 14.6. The number of para-hydroxylation sites is 1. The molecule has 0 N–H and O–H groups in total. The van der Waals surface area contributed by atoms with Crippen molar-refractivity contribution in [1.82, 2.24) is 4.57 Å². The van der Waals surface area contributed by atoms with Crippen LogP contribution in [-0.2, 0) is 9.98 Å². The van der Waals surface area contributed by atoms with E-state index in [4.69, 9.17) is 0 Å². The molecular weight excluding hydrogens is 461 g/mol. The van der Waals surface area contributed by atoms with Gasteiger partial charge in [-0.2, -0.15) is 0 Å². The molecule has 3 aromatic carbocycles. The molecule has 186 valence electrons. The molecule has 0 aliphatic carbocycles. The van der Waals surface area contributed by atoms with Gasteiger partial charge in [0.25, 0.3) is 0 Å². The van der Waals surface area contributed by atoms with Crippen molar-refractivity contribution in [3.05, 3.63) is 84.4 Å². The summed E-state index contributed by atoms with van der Waals surface area (Å²) in [6.45, 7) is 14.4. The summed E-state index contributed by atoms with van der Waals surface area (Å²) in [6, 6.07) is 26.7. The molecule has 0 radical (unpaired) electrons. The lowest BCUT2D eigenvalue weighted by Crippen LogP contribution is -2.46. The number of carbonyl (C=O) groups excluding carboxylic acids is 1. The molecule has 0 spiro atoms. The first kappa shape index (κ1) is 24.8. The third-order valence-electron chi connectivity index (χ3n) is 8.10. The lowest BCUT2D eigenvalue weighted by Gasteiger charge is -2.47. The van der Waals surface area contributed by atoms with Crippen molar-refractivity contribution in [3.63, 3.8) is 0 Å². The van der Waals surface area contributed by atoms with Gasteiger partial charge in [-0.15, -0.1) is 0 Å². The van der Waals surface area contributed by atoms with Gasteiger partial charge in [-0.1, -0.05) is 114 Å². The Labute approximate surface area is 214 Å². The van der Waals surface area contributed by atoms with Crippen molar-refractivity contribution in [3.8, 4) is 22.4 Å². The Kier molecular flexibility index (Phi) is 5.54. The van der Waals surface area contributed by atoms with Crippen LogP contribution in [0.4, 0.5) is 0 Å². The molecule has 2 heterocycles. The Balaban J connectivity index is 1.86. The normalized spacial score (nSPS) is 18.2. The molecule has 1 aliphatic heterocycles. The van der Waals surface area contributed by atoms with E-state index in [1.807, 2.05) is 60.0 Å². The lowest BCUT2D eigenvalue weighted by molar-refractivity contribution is 0.0825. The van der Waals surface area contributed by atoms with Crippen LogP contribution in [0.3, 0.4) is 0 Å². The molecule has 0 saturated heterocycles. The summed E-state index contributed by atoms with van der Waals surface area (Å²) in [5, 5.41) is 0.191. The van der Waals surface area contributed by atoms with Crippen molar-refractivity contribution in [2.45, 2.75) is 64.2 Å². The van der Waals surface area contributed by atoms with Gasteiger partial charge in [0.05, 0.1) is 23.8 Å². The molecule has 1 aliphatic rings. The van der Waals surface area contributed by atoms with Gasteiger partial charge in [-0.05, 0) is 24.1 Å². The lowest BCUT2D eigenvalue weighted by atomic mass is 9.76. The van der Waals surface area contributed by atoms with Gasteiger partial charge >= 0.3 is 0 Å². The summed E-state index contributed by atoms with van der Waals surface area (Å²) in [7, 11) is -2.87. The van der Waals surface area contributed by atoms with E-state index in [1.54, 1.807) is 0 Å². The summed E-state index contributed by atoms with van der Waals surface area (Å²) in [5.41, 5.74) is 5.09. The average molecular weight is 498 g/mol. The third kappa shape index (κ3) is 3.40. The summed E-state index contributed by atoms with van der Waals surface area (Å²) < 4.78 is 16.8. The molecule has 4 aromatic rings. The van der Waals surface area contributed by atoms with E-state index in [2.05, 4.69) is 71.9 Å². The van der Waals surface area contributed by atoms with Crippen molar-refractivity contribution >= 4 is 24.0 Å². The molecule has 0 amide bonds. The zero-order valence-electron chi connectivity index (χ0n) is 22.4. The summed E-state index contributed by atoms with van der Waals surface area (Å²) in [4.78, 5) is 14.7. The number of carbonyl (C=O) groups is 1. The molecule has 5 rings (SSSR count). The van der Waals surface area contributed by atoms with Crippen LogP contribution in [-0.4, -0.2) is 26.9 Å². The minimum atomic E-state index is -2.87. The van der Waals surface area contributed by atoms with E-state index in [9.17, 15) is 9.36 Å². The first-order valence-electron chi connectivity index (χ1n) is 12.7. The molecule has 36 heavy (non-hydrogen) atoms. The van der Waals surface area contributed by atoms with Gasteiger partial charge in [0.1, 0.15) is 0 Å². The van der Waals surface area contributed by atoms with E-state index in [1.165, 1.54) is 0 Å². The SMILES string of the molecule is CC(C)(C)P(=O)(C[C@]1(C)C(=O)n2c(c(-c3ccccc3)c3ccccc32)-c2ccccc21)C(C)(C)C. The summed E-state index contributed by atoms with van der Waals surface area (Å²) in [6.07, 6.45) is 0.329. The molecule has 0 bridgehead atoms. The molecule has 1 aromatic heterocycles. The second-order valence-electron chi connectivity index (χ2n) is 12.4. The Morgan fingerprint density at radius 2 is 1.33 bits per heavy atom. The standard InChI is InChI=1S/C32H36NO2P/c1-30(2,3)36(35,31(4,5)6)21-32(7)25-19-13-11-17-23(25)28-27(22-15-9-8-10-16-22)24-18-12-14-20-26(24)33(28)29(32)34/h8-20H,21H2,1-7H3/t32-/m0/s1. The monoisotopic (exact) mass is 497 g/mol. The van der Waals surface area contributed by atoms with Crippen LogP contribution in [0.15, 0.2) is 78.9 Å². The van der Waals surface area contributed by atoms with Crippen LogP contribution in [0.25, 0.3) is 33.3 Å². The highest BCUT2D eigenvalue weighted by atomic mass is 31.2. The van der Waals surface area contributed by atoms with Crippen molar-refractivity contribution in [2.75, 3.05) is 6.16 Å². The van der Waals surface area contributed by atoms with Gasteiger partial charge in [0.15, 0.2) is 0 Å². The second-order valence-corrected chi connectivity index (χ2v) is 16.8. The van der Waals surface area contributed by atoms with Crippen LogP contribution in [0, 0.1) is 0 Å². The number of hydrogen-bond acceptors (Lipinski definition) is 2. The number of rotatable bonds is 3. The average Bonchev–Trinajstić information content (AvgIpc) is 3.17. The van der Waals surface area contributed by atoms with E-state index in [0.29, 0.717) is 6.16 Å². The Hall–Kier alpha value is -2.90. The number of nitrogens with zero attached hydrogens (tertiary/aromatic N) is 1. The molecule has 0 unspecified atom stereocenters. The number of benzene rings is 3. The molecule has 0 fully saturated rings. The number of fused-ring (bicyclic) bond motifs is 5. The minimum Gasteiger partial charge on any atom is -0.322 e. The van der Waals surface area contributed by atoms with Crippen LogP contribution in [0.2, 0.25) is 0 Å². The van der Waals surface area contributed by atoms with Gasteiger partial charge in [0, 0.05) is 33.0 Å². The van der Waals surface area contributed by atoms with E-state index >= 15 is 0 Å². The van der Waals surface area contributed by atoms with Crippen molar-refractivity contribution < 1.29 is 9.36 Å². The highest BCUT2D eigenvalue weighted by Crippen LogP contribution is 2.69. The maximum atomic E-state index is 14.9. The molecule has 0 saturated carbocycles. The topological polar surface area (TPSA) is 39.1 Å². The summed E-state index contributed by atoms with van der Waals surface area (Å²) in [5.74, 6) is 0.00306. The first-order chi connectivity index (χ1) is 16.8. The molecule has 4 heteroatoms. The quantitative estimate of drug-likeness (QED) is 0.265. The van der Waals surface area contributed by atoms with Gasteiger partial charge in [0.2, 0.25) is 5.91 Å². The zero-order chi connectivity index (χ0) is 26.1. The van der Waals surface area contributed by atoms with Crippen LogP contribution < -0.4 is 0 Å². The fraction of sp³-hybridized carbons (Fsp3) is 0.344. The molecule has 1 atom stereocenters. The predicted molar refractivity (Wildman–Crippen MR) is 153 cm³/mol. The maximum Gasteiger partial charge on any atom is 0.242 e. The van der Waals surface area contributed by atoms with Gasteiger partial charge < -0.3 is 4.57 Å². The van der Waals surface area contributed by atoms with Gasteiger partial charge in [-0.3, -0.25) is 9.36 Å². The van der Waals surface area contributed by atoms with Crippen molar-refractivity contribution in [1.29, 1.82) is 0 Å². The summed E-state index contributed by atoms with van der Waals surface area (Å²) >= 11 is 0. The van der Waals surface area contributed by atoms with Crippen LogP contribution in [0.5, 0.6) is 0 Å². The second kappa shape index (κ2) is 8.05. The minimum absolute atomic E-state index is 0.00306. The highest BCUT2D eigenvalue weighted by molar-refractivity contribution is 7.67. The van der Waals surface area contributed by atoms with Crippen molar-refractivity contribution in [2.24, 2.45) is 0 Å². The smallest absolute Gasteiger partial charge is 0.242 e. The van der Waals surface area contributed by atoms with E-state index < -0.39 is 22.9 Å². The number of aromatic nitrogens is 1. The fourth-order valence-electron chi connectivity index (χ4n) is 6.21. The number of hydrogen-bond donors (Lipinski definition) is 0. The van der Waals surface area contributed by atoms with E-state index in [0.717, 1.165) is 38.9 Å². The fourth-order valence-corrected chi connectivity index (χ4v) is 10.4. The highest BCUT2D eigenvalue weighted by Gasteiger charge is 2.55. The largest absolute Gasteiger partial charge is 0.322 e. The predicted octanol–water partition coefficient (Wildman–Crippen LogP) is 8.85. The zero-order valence-corrected chi connectivity index (χ0v) is 23.3. The van der Waals surface area contributed by atoms with Crippen LogP contribution in [0.1, 0.15) is 58.8 Å². The Bertz CT molecular complexity index is 1510. The van der Waals surface area contributed by atoms with Gasteiger partial charge in [-0.25, -0.2) is 0 Å². The molecule has 3 nitrogen and oxygen atoms in total. The van der Waals surface area contributed by atoms with Crippen LogP contribution >= 0.6 is 7.14 Å².